The van der Waals surface area contributed by atoms with E-state index in [0.717, 1.165) is 12.3 Å². The van der Waals surface area contributed by atoms with Crippen LogP contribution in [0.2, 0.25) is 0 Å². The van der Waals surface area contributed by atoms with Crippen LogP contribution in [0.3, 0.4) is 0 Å². The highest BCUT2D eigenvalue weighted by atomic mass is 16.3. The highest BCUT2D eigenvalue weighted by Crippen LogP contribution is 2.30. The molecule has 0 aliphatic heterocycles. The van der Waals surface area contributed by atoms with Crippen LogP contribution in [0, 0.1) is 11.8 Å². The summed E-state index contributed by atoms with van der Waals surface area (Å²) in [5, 5.41) is 8.89. The third-order valence-corrected chi connectivity index (χ3v) is 2.72. The first kappa shape index (κ1) is 8.79. The van der Waals surface area contributed by atoms with Crippen molar-refractivity contribution in [3.05, 3.63) is 12.7 Å². The largest absolute Gasteiger partial charge is 0.396 e. The van der Waals surface area contributed by atoms with E-state index >= 15 is 0 Å². The number of rotatable bonds is 3. The summed E-state index contributed by atoms with van der Waals surface area (Å²) in [6.07, 6.45) is 8.20. The van der Waals surface area contributed by atoms with Crippen LogP contribution in [0.25, 0.3) is 0 Å². The molecule has 0 aromatic heterocycles. The Balaban J connectivity index is 2.18. The quantitative estimate of drug-likeness (QED) is 0.619. The number of aliphatic hydroxyl groups excluding tert-OH is 1. The molecule has 0 aromatic carbocycles. The molecule has 0 radical (unpaired) electrons. The van der Waals surface area contributed by atoms with Crippen LogP contribution in [0.5, 0.6) is 0 Å². The number of aliphatic hydroxyl groups is 1. The number of hydrogen-bond donors (Lipinski definition) is 1. The molecule has 1 N–H and O–H groups in total. The smallest absolute Gasteiger partial charge is 0.0459 e. The molecule has 1 nitrogen and oxygen atoms in total. The van der Waals surface area contributed by atoms with E-state index < -0.39 is 0 Å². The summed E-state index contributed by atoms with van der Waals surface area (Å²) in [4.78, 5) is 0. The van der Waals surface area contributed by atoms with Gasteiger partial charge in [-0.15, -0.1) is 6.58 Å². The van der Waals surface area contributed by atoms with Crippen LogP contribution in [-0.2, 0) is 0 Å². The second kappa shape index (κ2) is 4.55. The van der Waals surface area contributed by atoms with E-state index in [1.165, 1.54) is 25.7 Å². The molecule has 0 bridgehead atoms. The van der Waals surface area contributed by atoms with Crippen LogP contribution in [0.15, 0.2) is 12.7 Å². The molecule has 1 heteroatoms. The first-order valence-corrected chi connectivity index (χ1v) is 4.58. The summed E-state index contributed by atoms with van der Waals surface area (Å²) in [7, 11) is 0. The topological polar surface area (TPSA) is 20.2 Å². The lowest BCUT2D eigenvalue weighted by molar-refractivity contribution is 0.168. The molecule has 64 valence electrons. The van der Waals surface area contributed by atoms with Gasteiger partial charge in [-0.1, -0.05) is 6.08 Å². The van der Waals surface area contributed by atoms with Crippen LogP contribution >= 0.6 is 0 Å². The summed E-state index contributed by atoms with van der Waals surface area (Å²) < 4.78 is 0. The molecule has 11 heavy (non-hydrogen) atoms. The lowest BCUT2D eigenvalue weighted by Gasteiger charge is -2.26. The van der Waals surface area contributed by atoms with Gasteiger partial charge in [-0.05, 0) is 43.9 Å². The molecule has 1 rings (SSSR count). The molecule has 1 aliphatic rings. The van der Waals surface area contributed by atoms with E-state index in [-0.39, 0.29) is 0 Å². The maximum Gasteiger partial charge on any atom is 0.0459 e. The minimum Gasteiger partial charge on any atom is -0.396 e. The van der Waals surface area contributed by atoms with Gasteiger partial charge in [0.2, 0.25) is 0 Å². The second-order valence-electron chi connectivity index (χ2n) is 3.59. The highest BCUT2D eigenvalue weighted by Gasteiger charge is 2.18. The Morgan fingerprint density at radius 1 is 1.18 bits per heavy atom. The number of allylic oxidation sites excluding steroid dienone is 1. The second-order valence-corrected chi connectivity index (χ2v) is 3.59. The molecule has 1 aliphatic carbocycles. The maximum absolute atomic E-state index is 8.89. The van der Waals surface area contributed by atoms with Crippen LogP contribution in [0.4, 0.5) is 0 Å². The molecule has 1 saturated carbocycles. The zero-order valence-corrected chi connectivity index (χ0v) is 7.13. The highest BCUT2D eigenvalue weighted by molar-refractivity contribution is 4.78. The summed E-state index contributed by atoms with van der Waals surface area (Å²) in [5.74, 6) is 1.45. The molecule has 0 spiro atoms. The maximum atomic E-state index is 8.89. The van der Waals surface area contributed by atoms with Gasteiger partial charge >= 0.3 is 0 Å². The Labute approximate surface area is 69.1 Å². The van der Waals surface area contributed by atoms with E-state index in [0.29, 0.717) is 12.5 Å². The first-order chi connectivity index (χ1) is 5.36. The molecule has 1 fully saturated rings. The van der Waals surface area contributed by atoms with Gasteiger partial charge in [0.15, 0.2) is 0 Å². The average Bonchev–Trinajstić information content (AvgIpc) is 2.07. The fourth-order valence-corrected chi connectivity index (χ4v) is 1.89. The standard InChI is InChI=1S/C10H18O/c1-2-3-9-4-6-10(8-11)7-5-9/h2,9-11H,1,3-8H2/t9-,10-. The summed E-state index contributed by atoms with van der Waals surface area (Å²) in [6, 6.07) is 0. The van der Waals surface area contributed by atoms with Crippen molar-refractivity contribution < 1.29 is 5.11 Å². The zero-order valence-electron chi connectivity index (χ0n) is 7.13. The van der Waals surface area contributed by atoms with Gasteiger partial charge < -0.3 is 5.11 Å². The van der Waals surface area contributed by atoms with Crippen molar-refractivity contribution in [2.75, 3.05) is 6.61 Å². The van der Waals surface area contributed by atoms with Crippen molar-refractivity contribution in [3.63, 3.8) is 0 Å². The molecule has 0 saturated heterocycles. The Morgan fingerprint density at radius 2 is 1.73 bits per heavy atom. The van der Waals surface area contributed by atoms with E-state index in [1.54, 1.807) is 0 Å². The molecule has 0 atom stereocenters. The van der Waals surface area contributed by atoms with Gasteiger partial charge in [0.1, 0.15) is 0 Å². The fourth-order valence-electron chi connectivity index (χ4n) is 1.89. The van der Waals surface area contributed by atoms with Gasteiger partial charge in [-0.25, -0.2) is 0 Å². The van der Waals surface area contributed by atoms with E-state index in [2.05, 4.69) is 6.58 Å². The molecule has 0 aromatic rings. The van der Waals surface area contributed by atoms with Crippen molar-refractivity contribution in [1.29, 1.82) is 0 Å². The summed E-state index contributed by atoms with van der Waals surface area (Å²) in [5.41, 5.74) is 0. The molecule has 0 heterocycles. The van der Waals surface area contributed by atoms with Crippen molar-refractivity contribution in [2.24, 2.45) is 11.8 Å². The molecule has 0 unspecified atom stereocenters. The van der Waals surface area contributed by atoms with Gasteiger partial charge in [0.25, 0.3) is 0 Å². The zero-order chi connectivity index (χ0) is 8.10. The van der Waals surface area contributed by atoms with Gasteiger partial charge in [0, 0.05) is 6.61 Å². The fraction of sp³-hybridized carbons (Fsp3) is 0.800. The predicted molar refractivity (Wildman–Crippen MR) is 47.3 cm³/mol. The number of hydrogen-bond acceptors (Lipinski definition) is 1. The van der Waals surface area contributed by atoms with E-state index in [1.807, 2.05) is 6.08 Å². The minimum atomic E-state index is 0.390. The lowest BCUT2D eigenvalue weighted by atomic mass is 9.81. The third kappa shape index (κ3) is 2.66. The van der Waals surface area contributed by atoms with Gasteiger partial charge in [0.05, 0.1) is 0 Å². The third-order valence-electron chi connectivity index (χ3n) is 2.72. The van der Waals surface area contributed by atoms with Crippen LogP contribution < -0.4 is 0 Å². The summed E-state index contributed by atoms with van der Waals surface area (Å²) >= 11 is 0. The van der Waals surface area contributed by atoms with Crippen molar-refractivity contribution in [3.8, 4) is 0 Å². The average molecular weight is 154 g/mol. The lowest BCUT2D eigenvalue weighted by Crippen LogP contribution is -2.16. The van der Waals surface area contributed by atoms with Gasteiger partial charge in [-0.2, -0.15) is 0 Å². The van der Waals surface area contributed by atoms with Gasteiger partial charge in [-0.3, -0.25) is 0 Å². The minimum absolute atomic E-state index is 0.390. The van der Waals surface area contributed by atoms with Crippen molar-refractivity contribution in [2.45, 2.75) is 32.1 Å². The molecular formula is C10H18O. The Hall–Kier alpha value is -0.300. The monoisotopic (exact) mass is 154 g/mol. The van der Waals surface area contributed by atoms with Crippen LogP contribution in [0.1, 0.15) is 32.1 Å². The summed E-state index contributed by atoms with van der Waals surface area (Å²) in [6.45, 7) is 4.13. The Kier molecular flexibility index (Phi) is 3.64. The van der Waals surface area contributed by atoms with Crippen LogP contribution in [-0.4, -0.2) is 11.7 Å². The Bertz CT molecular complexity index is 112. The normalized spacial score (nSPS) is 31.7. The van der Waals surface area contributed by atoms with Crippen molar-refractivity contribution >= 4 is 0 Å². The molecular weight excluding hydrogens is 136 g/mol. The first-order valence-electron chi connectivity index (χ1n) is 4.58. The Morgan fingerprint density at radius 3 is 2.18 bits per heavy atom. The molecule has 0 amide bonds. The SMILES string of the molecule is C=CC[C@H]1CC[C@H](CO)CC1. The van der Waals surface area contributed by atoms with E-state index in [9.17, 15) is 0 Å². The van der Waals surface area contributed by atoms with E-state index in [4.69, 9.17) is 5.11 Å². The van der Waals surface area contributed by atoms with Crippen molar-refractivity contribution in [1.82, 2.24) is 0 Å². The predicted octanol–water partition coefficient (Wildman–Crippen LogP) is 2.36.